The van der Waals surface area contributed by atoms with Gasteiger partial charge in [0.25, 0.3) is 0 Å². The molecule has 0 amide bonds. The first-order valence-electron chi connectivity index (χ1n) is 4.06. The molecule has 3 nitrogen and oxygen atoms in total. The summed E-state index contributed by atoms with van der Waals surface area (Å²) in [5, 5.41) is 8.86. The van der Waals surface area contributed by atoms with Crippen molar-refractivity contribution in [1.82, 2.24) is 0 Å². The average Bonchev–Trinajstić information content (AvgIpc) is 2.61. The van der Waals surface area contributed by atoms with Crippen LogP contribution in [0.15, 0.2) is 0 Å². The van der Waals surface area contributed by atoms with Gasteiger partial charge in [0, 0.05) is 6.54 Å². The summed E-state index contributed by atoms with van der Waals surface area (Å²) in [6.07, 6.45) is 4.10. The van der Waals surface area contributed by atoms with Crippen molar-refractivity contribution in [3.05, 3.63) is 0 Å². The van der Waals surface area contributed by atoms with Crippen LogP contribution >= 0.6 is 0 Å². The summed E-state index contributed by atoms with van der Waals surface area (Å²) in [4.78, 5) is 10.8. The van der Waals surface area contributed by atoms with E-state index in [2.05, 4.69) is 0 Å². The Morgan fingerprint density at radius 1 is 1.45 bits per heavy atom. The van der Waals surface area contributed by atoms with E-state index in [1.165, 1.54) is 12.8 Å². The molecule has 62 valence electrons. The minimum Gasteiger partial charge on any atom is -0.481 e. The lowest BCUT2D eigenvalue weighted by Crippen LogP contribution is -2.50. The topological polar surface area (TPSA) is 63.3 Å². The molecule has 2 aliphatic rings. The summed E-state index contributed by atoms with van der Waals surface area (Å²) in [6, 6.07) is 0. The molecule has 0 aromatic rings. The lowest BCUT2D eigenvalue weighted by molar-refractivity contribution is -0.158. The molecule has 0 radical (unpaired) electrons. The largest absolute Gasteiger partial charge is 0.481 e. The Kier molecular flexibility index (Phi) is 1.15. The molecule has 11 heavy (non-hydrogen) atoms. The Hall–Kier alpha value is -0.570. The van der Waals surface area contributed by atoms with Gasteiger partial charge in [-0.05, 0) is 31.1 Å². The summed E-state index contributed by atoms with van der Waals surface area (Å²) >= 11 is 0. The highest BCUT2D eigenvalue weighted by atomic mass is 16.4. The Morgan fingerprint density at radius 3 is 2.27 bits per heavy atom. The molecule has 2 fully saturated rings. The zero-order chi connectivity index (χ0) is 8.11. The van der Waals surface area contributed by atoms with Crippen molar-refractivity contribution in [2.24, 2.45) is 16.6 Å². The monoisotopic (exact) mass is 155 g/mol. The van der Waals surface area contributed by atoms with E-state index in [4.69, 9.17) is 10.8 Å². The van der Waals surface area contributed by atoms with Crippen LogP contribution in [0.1, 0.15) is 25.7 Å². The smallest absolute Gasteiger partial charge is 0.310 e. The Balaban J connectivity index is 2.05. The molecular formula is C8H13NO2. The third-order valence-electron chi connectivity index (χ3n) is 3.23. The number of carboxylic acids is 1. The molecule has 1 spiro atoms. The van der Waals surface area contributed by atoms with Crippen molar-refractivity contribution in [2.75, 3.05) is 6.54 Å². The number of hydrogen-bond donors (Lipinski definition) is 2. The molecule has 2 aliphatic carbocycles. The molecule has 0 aromatic carbocycles. The summed E-state index contributed by atoms with van der Waals surface area (Å²) in [5.74, 6) is -0.697. The van der Waals surface area contributed by atoms with Crippen molar-refractivity contribution >= 4 is 5.97 Å². The first-order chi connectivity index (χ1) is 5.13. The maximum absolute atomic E-state index is 10.8. The van der Waals surface area contributed by atoms with Crippen LogP contribution in [0.4, 0.5) is 0 Å². The van der Waals surface area contributed by atoms with E-state index in [0.29, 0.717) is 12.0 Å². The molecule has 0 bridgehead atoms. The molecule has 0 heterocycles. The average molecular weight is 155 g/mol. The molecule has 0 unspecified atom stereocenters. The normalized spacial score (nSPS) is 29.5. The number of nitrogens with two attached hydrogens (primary N) is 1. The third kappa shape index (κ3) is 0.805. The predicted octanol–water partition coefficient (Wildman–Crippen LogP) is 0.590. The lowest BCUT2D eigenvalue weighted by Gasteiger charge is -2.44. The van der Waals surface area contributed by atoms with Crippen molar-refractivity contribution in [1.29, 1.82) is 0 Å². The highest BCUT2D eigenvalue weighted by Gasteiger charge is 2.63. The van der Waals surface area contributed by atoms with Gasteiger partial charge in [-0.15, -0.1) is 0 Å². The highest BCUT2D eigenvalue weighted by molar-refractivity contribution is 5.77. The van der Waals surface area contributed by atoms with E-state index in [1.54, 1.807) is 0 Å². The summed E-state index contributed by atoms with van der Waals surface area (Å²) in [6.45, 7) is 0.310. The van der Waals surface area contributed by atoms with Crippen LogP contribution in [-0.4, -0.2) is 17.6 Å². The van der Waals surface area contributed by atoms with Gasteiger partial charge in [-0.1, -0.05) is 0 Å². The molecule has 0 aliphatic heterocycles. The fourth-order valence-electron chi connectivity index (χ4n) is 2.30. The van der Waals surface area contributed by atoms with Crippen LogP contribution in [0.3, 0.4) is 0 Å². The predicted molar refractivity (Wildman–Crippen MR) is 40.0 cm³/mol. The van der Waals surface area contributed by atoms with Crippen LogP contribution < -0.4 is 5.73 Å². The molecule has 3 N–H and O–H groups in total. The Labute approximate surface area is 65.6 Å². The minimum absolute atomic E-state index is 0.310. The Bertz CT molecular complexity index is 200. The van der Waals surface area contributed by atoms with Crippen LogP contribution in [0.5, 0.6) is 0 Å². The van der Waals surface area contributed by atoms with Crippen LogP contribution in [0, 0.1) is 10.8 Å². The van der Waals surface area contributed by atoms with E-state index in [1.807, 2.05) is 0 Å². The van der Waals surface area contributed by atoms with Gasteiger partial charge in [0.15, 0.2) is 0 Å². The van der Waals surface area contributed by atoms with Gasteiger partial charge < -0.3 is 10.8 Å². The summed E-state index contributed by atoms with van der Waals surface area (Å²) in [7, 11) is 0. The zero-order valence-corrected chi connectivity index (χ0v) is 6.47. The fourth-order valence-corrected chi connectivity index (χ4v) is 2.30. The maximum atomic E-state index is 10.8. The van der Waals surface area contributed by atoms with E-state index in [9.17, 15) is 4.79 Å². The molecule has 0 aromatic heterocycles. The molecular weight excluding hydrogens is 142 g/mol. The third-order valence-corrected chi connectivity index (χ3v) is 3.23. The number of carbonyl (C=O) groups is 1. The molecule has 2 rings (SSSR count). The van der Waals surface area contributed by atoms with Crippen molar-refractivity contribution in [3.63, 3.8) is 0 Å². The highest BCUT2D eigenvalue weighted by Crippen LogP contribution is 2.68. The van der Waals surface area contributed by atoms with Gasteiger partial charge >= 0.3 is 5.97 Å². The van der Waals surface area contributed by atoms with Gasteiger partial charge in [0.2, 0.25) is 0 Å². The lowest BCUT2D eigenvalue weighted by atomic mass is 9.59. The van der Waals surface area contributed by atoms with E-state index < -0.39 is 11.4 Å². The second-order valence-corrected chi connectivity index (χ2v) is 4.14. The molecule has 3 heteroatoms. The second kappa shape index (κ2) is 1.78. The number of aliphatic carboxylic acids is 1. The zero-order valence-electron chi connectivity index (χ0n) is 6.47. The van der Waals surface area contributed by atoms with E-state index >= 15 is 0 Å². The van der Waals surface area contributed by atoms with E-state index in [-0.39, 0.29) is 0 Å². The van der Waals surface area contributed by atoms with Gasteiger partial charge in [-0.25, -0.2) is 0 Å². The quantitative estimate of drug-likeness (QED) is 0.613. The summed E-state index contributed by atoms with van der Waals surface area (Å²) < 4.78 is 0. The van der Waals surface area contributed by atoms with E-state index in [0.717, 1.165) is 12.8 Å². The van der Waals surface area contributed by atoms with Crippen molar-refractivity contribution in [3.8, 4) is 0 Å². The molecule has 0 atom stereocenters. The van der Waals surface area contributed by atoms with Crippen molar-refractivity contribution < 1.29 is 9.90 Å². The number of carboxylic acid groups (broad SMARTS) is 1. The van der Waals surface area contributed by atoms with Gasteiger partial charge in [-0.2, -0.15) is 0 Å². The maximum Gasteiger partial charge on any atom is 0.310 e. The molecule has 0 saturated heterocycles. The number of rotatable bonds is 2. The van der Waals surface area contributed by atoms with Gasteiger partial charge in [-0.3, -0.25) is 4.79 Å². The standard InChI is InChI=1S/C8H13NO2/c9-5-8(6(10)11)3-7(4-8)1-2-7/h1-5,9H2,(H,10,11). The summed E-state index contributed by atoms with van der Waals surface area (Å²) in [5.41, 5.74) is 5.32. The second-order valence-electron chi connectivity index (χ2n) is 4.14. The van der Waals surface area contributed by atoms with Crippen molar-refractivity contribution in [2.45, 2.75) is 25.7 Å². The van der Waals surface area contributed by atoms with Crippen LogP contribution in [-0.2, 0) is 4.79 Å². The van der Waals surface area contributed by atoms with Crippen LogP contribution in [0.2, 0.25) is 0 Å². The van der Waals surface area contributed by atoms with Crippen LogP contribution in [0.25, 0.3) is 0 Å². The van der Waals surface area contributed by atoms with Gasteiger partial charge in [0.05, 0.1) is 5.41 Å². The first-order valence-corrected chi connectivity index (χ1v) is 4.06. The van der Waals surface area contributed by atoms with Gasteiger partial charge in [0.1, 0.15) is 0 Å². The Morgan fingerprint density at radius 2 is 2.00 bits per heavy atom. The SMILES string of the molecule is NCC1(C(=O)O)CC2(CC2)C1. The first kappa shape index (κ1) is 7.10. The minimum atomic E-state index is -0.697. The molecule has 2 saturated carbocycles. The fraction of sp³-hybridized carbons (Fsp3) is 0.875. The number of hydrogen-bond acceptors (Lipinski definition) is 2.